The summed E-state index contributed by atoms with van der Waals surface area (Å²) < 4.78 is 5.97. The molecule has 0 spiro atoms. The molecular formula is C37H46ClN3O3. The number of β-amino-alcohol motifs (C(OH)–C–C–N with tert-alkyl or cyclic N) is 1. The SMILES string of the molecule is Cl.O=C(NC1CCN(CC(O)COc2cccc3ncccc23)CC1)C(CCCc1ccccc1)CCCc1ccccc1. The zero-order valence-electron chi connectivity index (χ0n) is 25.5. The van der Waals surface area contributed by atoms with Gasteiger partial charge in [0.05, 0.1) is 5.52 Å². The highest BCUT2D eigenvalue weighted by Crippen LogP contribution is 2.24. The van der Waals surface area contributed by atoms with Crippen LogP contribution < -0.4 is 10.1 Å². The van der Waals surface area contributed by atoms with E-state index in [9.17, 15) is 9.90 Å². The van der Waals surface area contributed by atoms with E-state index < -0.39 is 6.10 Å². The number of carbonyl (C=O) groups excluding carboxylic acids is 1. The molecule has 1 unspecified atom stereocenters. The summed E-state index contributed by atoms with van der Waals surface area (Å²) in [5.41, 5.74) is 3.55. The summed E-state index contributed by atoms with van der Waals surface area (Å²) in [5, 5.41) is 15.0. The molecule has 4 aromatic rings. The smallest absolute Gasteiger partial charge is 0.223 e. The van der Waals surface area contributed by atoms with Crippen LogP contribution in [0.1, 0.15) is 49.7 Å². The minimum atomic E-state index is -0.586. The third-order valence-corrected chi connectivity index (χ3v) is 8.53. The number of aryl methyl sites for hydroxylation is 2. The largest absolute Gasteiger partial charge is 0.490 e. The highest BCUT2D eigenvalue weighted by molar-refractivity contribution is 5.85. The summed E-state index contributed by atoms with van der Waals surface area (Å²) in [6.45, 7) is 2.50. The first-order valence-corrected chi connectivity index (χ1v) is 15.9. The van der Waals surface area contributed by atoms with Gasteiger partial charge in [-0.1, -0.05) is 66.7 Å². The first-order valence-electron chi connectivity index (χ1n) is 15.9. The van der Waals surface area contributed by atoms with Crippen molar-refractivity contribution in [3.63, 3.8) is 0 Å². The maximum Gasteiger partial charge on any atom is 0.223 e. The number of halogens is 1. The van der Waals surface area contributed by atoms with Gasteiger partial charge < -0.3 is 20.1 Å². The molecule has 0 saturated carbocycles. The number of amides is 1. The Morgan fingerprint density at radius 3 is 2.14 bits per heavy atom. The van der Waals surface area contributed by atoms with Crippen LogP contribution in [0.15, 0.2) is 97.2 Å². The molecule has 1 aliphatic heterocycles. The number of aromatic nitrogens is 1. The van der Waals surface area contributed by atoms with Gasteiger partial charge in [0.1, 0.15) is 18.5 Å². The van der Waals surface area contributed by atoms with Gasteiger partial charge in [-0.15, -0.1) is 12.4 Å². The third-order valence-electron chi connectivity index (χ3n) is 8.53. The van der Waals surface area contributed by atoms with E-state index in [-0.39, 0.29) is 36.9 Å². The van der Waals surface area contributed by atoms with E-state index in [1.165, 1.54) is 11.1 Å². The number of ether oxygens (including phenoxy) is 1. The van der Waals surface area contributed by atoms with Crippen molar-refractivity contribution in [3.05, 3.63) is 108 Å². The zero-order chi connectivity index (χ0) is 29.7. The number of fused-ring (bicyclic) bond motifs is 1. The monoisotopic (exact) mass is 615 g/mol. The van der Waals surface area contributed by atoms with E-state index in [4.69, 9.17) is 4.74 Å². The molecule has 0 aliphatic carbocycles. The molecular weight excluding hydrogens is 570 g/mol. The number of carbonyl (C=O) groups is 1. The predicted octanol–water partition coefficient (Wildman–Crippen LogP) is 6.64. The second kappa shape index (κ2) is 17.7. The van der Waals surface area contributed by atoms with Gasteiger partial charge in [0, 0.05) is 43.2 Å². The lowest BCUT2D eigenvalue weighted by Crippen LogP contribution is -2.48. The molecule has 2 N–H and O–H groups in total. The molecule has 1 amide bonds. The van der Waals surface area contributed by atoms with Crippen molar-refractivity contribution >= 4 is 29.2 Å². The fourth-order valence-electron chi connectivity index (χ4n) is 6.12. The molecule has 1 aromatic heterocycles. The Bertz CT molecular complexity index is 1350. The summed E-state index contributed by atoms with van der Waals surface area (Å²) in [6.07, 6.45) is 8.84. The molecule has 0 radical (unpaired) electrons. The molecule has 2 heterocycles. The topological polar surface area (TPSA) is 74.7 Å². The molecule has 3 aromatic carbocycles. The Labute approximate surface area is 268 Å². The third kappa shape index (κ3) is 10.3. The van der Waals surface area contributed by atoms with Crippen molar-refractivity contribution in [1.29, 1.82) is 0 Å². The summed E-state index contributed by atoms with van der Waals surface area (Å²) >= 11 is 0. The summed E-state index contributed by atoms with van der Waals surface area (Å²) in [5.74, 6) is 0.986. The predicted molar refractivity (Wildman–Crippen MR) is 180 cm³/mol. The van der Waals surface area contributed by atoms with Crippen LogP contribution in [0.3, 0.4) is 0 Å². The molecule has 1 saturated heterocycles. The Balaban J connectivity index is 0.00000442. The lowest BCUT2D eigenvalue weighted by Gasteiger charge is -2.34. The van der Waals surface area contributed by atoms with Crippen molar-refractivity contribution in [2.45, 2.75) is 63.5 Å². The maximum absolute atomic E-state index is 13.5. The number of aliphatic hydroxyl groups is 1. The number of rotatable bonds is 15. The fourth-order valence-corrected chi connectivity index (χ4v) is 6.12. The molecule has 1 aliphatic rings. The van der Waals surface area contributed by atoms with Crippen molar-refractivity contribution < 1.29 is 14.6 Å². The molecule has 6 nitrogen and oxygen atoms in total. The molecule has 5 rings (SSSR count). The highest BCUT2D eigenvalue weighted by atomic mass is 35.5. The Morgan fingerprint density at radius 1 is 0.864 bits per heavy atom. The van der Waals surface area contributed by atoms with Gasteiger partial charge in [-0.05, 0) is 86.8 Å². The lowest BCUT2D eigenvalue weighted by molar-refractivity contribution is -0.126. The van der Waals surface area contributed by atoms with Gasteiger partial charge in [-0.25, -0.2) is 0 Å². The normalized spacial score (nSPS) is 14.7. The minimum absolute atomic E-state index is 0. The molecule has 1 atom stereocenters. The van der Waals surface area contributed by atoms with Crippen molar-refractivity contribution in [3.8, 4) is 5.75 Å². The summed E-state index contributed by atoms with van der Waals surface area (Å²) in [6, 6.07) is 31.0. The molecule has 0 bridgehead atoms. The van der Waals surface area contributed by atoms with Crippen molar-refractivity contribution in [1.82, 2.24) is 15.2 Å². The number of hydrogen-bond acceptors (Lipinski definition) is 5. The number of likely N-dealkylation sites (tertiary alicyclic amines) is 1. The van der Waals surface area contributed by atoms with Crippen molar-refractivity contribution in [2.75, 3.05) is 26.2 Å². The van der Waals surface area contributed by atoms with Gasteiger partial charge in [0.2, 0.25) is 5.91 Å². The van der Waals surface area contributed by atoms with Crippen LogP contribution in [0.4, 0.5) is 0 Å². The zero-order valence-corrected chi connectivity index (χ0v) is 26.3. The van der Waals surface area contributed by atoms with Gasteiger partial charge in [0.25, 0.3) is 0 Å². The Morgan fingerprint density at radius 2 is 1.50 bits per heavy atom. The first kappa shape index (κ1) is 33.4. The van der Waals surface area contributed by atoms with Crippen LogP contribution in [0.5, 0.6) is 5.75 Å². The Kier molecular flexibility index (Phi) is 13.5. The average Bonchev–Trinajstić information content (AvgIpc) is 3.05. The van der Waals surface area contributed by atoms with Crippen LogP contribution in [0.25, 0.3) is 10.9 Å². The average molecular weight is 616 g/mol. The van der Waals surface area contributed by atoms with Gasteiger partial charge in [-0.2, -0.15) is 0 Å². The fraction of sp³-hybridized carbons (Fsp3) is 0.405. The number of aliphatic hydroxyl groups excluding tert-OH is 1. The summed E-state index contributed by atoms with van der Waals surface area (Å²) in [4.78, 5) is 20.1. The summed E-state index contributed by atoms with van der Waals surface area (Å²) in [7, 11) is 0. The molecule has 1 fully saturated rings. The number of nitrogens with one attached hydrogen (secondary N) is 1. The number of pyridine rings is 1. The van der Waals surface area contributed by atoms with Gasteiger partial charge in [-0.3, -0.25) is 9.78 Å². The van der Waals surface area contributed by atoms with Crippen LogP contribution in [-0.2, 0) is 17.6 Å². The number of piperidine rings is 1. The van der Waals surface area contributed by atoms with E-state index in [0.29, 0.717) is 6.54 Å². The van der Waals surface area contributed by atoms with Gasteiger partial charge in [0.15, 0.2) is 0 Å². The quantitative estimate of drug-likeness (QED) is 0.157. The van der Waals surface area contributed by atoms with E-state index in [2.05, 4.69) is 63.7 Å². The van der Waals surface area contributed by atoms with E-state index >= 15 is 0 Å². The van der Waals surface area contributed by atoms with Crippen LogP contribution in [0.2, 0.25) is 0 Å². The second-order valence-electron chi connectivity index (χ2n) is 11.8. The Hall–Kier alpha value is -3.45. The second-order valence-corrected chi connectivity index (χ2v) is 11.8. The van der Waals surface area contributed by atoms with E-state index in [1.54, 1.807) is 6.20 Å². The first-order chi connectivity index (χ1) is 21.1. The van der Waals surface area contributed by atoms with Crippen molar-refractivity contribution in [2.24, 2.45) is 5.92 Å². The van der Waals surface area contributed by atoms with Gasteiger partial charge >= 0.3 is 0 Å². The number of nitrogens with zero attached hydrogens (tertiary/aromatic N) is 2. The van der Waals surface area contributed by atoms with Crippen LogP contribution in [-0.4, -0.2) is 59.3 Å². The standard InChI is InChI=1S/C37H45N3O3.ClH/c41-33(28-43-36-21-9-20-35-34(36)19-10-24-38-35)27-40-25-22-32(23-26-40)39-37(42)31(17-7-15-29-11-3-1-4-12-29)18-8-16-30-13-5-2-6-14-30;/h1-6,9-14,19-21,24,31-33,41H,7-8,15-18,22-23,25-28H2,(H,39,42);1H. The molecule has 44 heavy (non-hydrogen) atoms. The van der Waals surface area contributed by atoms with E-state index in [1.807, 2.05) is 42.5 Å². The molecule has 234 valence electrons. The minimum Gasteiger partial charge on any atom is -0.490 e. The number of benzene rings is 3. The van der Waals surface area contributed by atoms with Crippen LogP contribution in [0, 0.1) is 5.92 Å². The highest BCUT2D eigenvalue weighted by Gasteiger charge is 2.25. The molecule has 7 heteroatoms. The van der Waals surface area contributed by atoms with Crippen LogP contribution >= 0.6 is 12.4 Å². The van der Waals surface area contributed by atoms with E-state index in [0.717, 1.165) is 81.1 Å². The number of hydrogen-bond donors (Lipinski definition) is 2. The maximum atomic E-state index is 13.5. The lowest BCUT2D eigenvalue weighted by atomic mass is 9.92.